The highest BCUT2D eigenvalue weighted by molar-refractivity contribution is 5.96. The SMILES string of the molecule is CCN(CC(=O)NC)C(=O)c1ccc(O)cc1F. The van der Waals surface area contributed by atoms with Crippen molar-refractivity contribution in [2.24, 2.45) is 0 Å². The molecule has 0 aromatic heterocycles. The van der Waals surface area contributed by atoms with Crippen LogP contribution < -0.4 is 5.32 Å². The Morgan fingerprint density at radius 2 is 2.11 bits per heavy atom. The summed E-state index contributed by atoms with van der Waals surface area (Å²) in [5.41, 5.74) is -0.168. The molecular formula is C12H15FN2O3. The van der Waals surface area contributed by atoms with Gasteiger partial charge in [0.15, 0.2) is 0 Å². The second-order valence-corrected chi connectivity index (χ2v) is 3.66. The highest BCUT2D eigenvalue weighted by atomic mass is 19.1. The smallest absolute Gasteiger partial charge is 0.257 e. The molecule has 5 nitrogen and oxygen atoms in total. The fourth-order valence-corrected chi connectivity index (χ4v) is 1.43. The molecule has 1 aromatic rings. The predicted octanol–water partition coefficient (Wildman–Crippen LogP) is 0.739. The Kier molecular flexibility index (Phi) is 4.65. The largest absolute Gasteiger partial charge is 0.508 e. The van der Waals surface area contributed by atoms with Crippen LogP contribution in [0, 0.1) is 5.82 Å². The summed E-state index contributed by atoms with van der Waals surface area (Å²) >= 11 is 0. The maximum absolute atomic E-state index is 13.5. The van der Waals surface area contributed by atoms with Crippen molar-refractivity contribution in [2.75, 3.05) is 20.1 Å². The summed E-state index contributed by atoms with van der Waals surface area (Å²) in [6, 6.07) is 3.28. The van der Waals surface area contributed by atoms with Gasteiger partial charge in [0.25, 0.3) is 5.91 Å². The molecule has 0 aliphatic carbocycles. The number of nitrogens with one attached hydrogen (secondary N) is 1. The lowest BCUT2D eigenvalue weighted by Gasteiger charge is -2.20. The highest BCUT2D eigenvalue weighted by Crippen LogP contribution is 2.16. The molecule has 0 unspecified atom stereocenters. The van der Waals surface area contributed by atoms with Crippen LogP contribution in [-0.4, -0.2) is 42.0 Å². The number of likely N-dealkylation sites (N-methyl/N-ethyl adjacent to an activating group) is 2. The lowest BCUT2D eigenvalue weighted by molar-refractivity contribution is -0.121. The molecule has 1 aromatic carbocycles. The Bertz CT molecular complexity index is 463. The molecule has 6 heteroatoms. The van der Waals surface area contributed by atoms with E-state index in [4.69, 9.17) is 5.11 Å². The monoisotopic (exact) mass is 254 g/mol. The lowest BCUT2D eigenvalue weighted by Crippen LogP contribution is -2.39. The number of aromatic hydroxyl groups is 1. The molecule has 18 heavy (non-hydrogen) atoms. The highest BCUT2D eigenvalue weighted by Gasteiger charge is 2.20. The maximum Gasteiger partial charge on any atom is 0.257 e. The number of hydrogen-bond acceptors (Lipinski definition) is 3. The Balaban J connectivity index is 2.93. The van der Waals surface area contributed by atoms with Gasteiger partial charge in [-0.15, -0.1) is 0 Å². The van der Waals surface area contributed by atoms with Gasteiger partial charge in [-0.1, -0.05) is 0 Å². The molecule has 2 amide bonds. The molecule has 0 fully saturated rings. The molecule has 1 rings (SSSR count). The number of carbonyl (C=O) groups excluding carboxylic acids is 2. The molecule has 0 atom stereocenters. The van der Waals surface area contributed by atoms with Crippen molar-refractivity contribution in [1.82, 2.24) is 10.2 Å². The van der Waals surface area contributed by atoms with E-state index in [0.29, 0.717) is 0 Å². The number of benzene rings is 1. The van der Waals surface area contributed by atoms with Crippen LogP contribution in [0.4, 0.5) is 4.39 Å². The first-order valence-corrected chi connectivity index (χ1v) is 5.48. The van der Waals surface area contributed by atoms with Crippen molar-refractivity contribution < 1.29 is 19.1 Å². The van der Waals surface area contributed by atoms with Crippen molar-refractivity contribution in [2.45, 2.75) is 6.92 Å². The van der Waals surface area contributed by atoms with Crippen molar-refractivity contribution in [3.05, 3.63) is 29.6 Å². The van der Waals surface area contributed by atoms with Crippen molar-refractivity contribution in [3.63, 3.8) is 0 Å². The summed E-state index contributed by atoms with van der Waals surface area (Å²) in [6.45, 7) is 1.85. The summed E-state index contributed by atoms with van der Waals surface area (Å²) in [4.78, 5) is 24.4. The van der Waals surface area contributed by atoms with Gasteiger partial charge in [0.1, 0.15) is 11.6 Å². The van der Waals surface area contributed by atoms with Crippen LogP contribution in [-0.2, 0) is 4.79 Å². The number of amides is 2. The van der Waals surface area contributed by atoms with Crippen molar-refractivity contribution >= 4 is 11.8 Å². The maximum atomic E-state index is 13.5. The van der Waals surface area contributed by atoms with Gasteiger partial charge in [0.05, 0.1) is 12.1 Å². The van der Waals surface area contributed by atoms with Crippen LogP contribution >= 0.6 is 0 Å². The molecule has 0 saturated heterocycles. The fraction of sp³-hybridized carbons (Fsp3) is 0.333. The average Bonchev–Trinajstić information content (AvgIpc) is 2.34. The Hall–Kier alpha value is -2.11. The van der Waals surface area contributed by atoms with Gasteiger partial charge in [-0.05, 0) is 19.1 Å². The van der Waals surface area contributed by atoms with Crippen LogP contribution in [0.3, 0.4) is 0 Å². The van der Waals surface area contributed by atoms with Crippen molar-refractivity contribution in [1.29, 1.82) is 0 Å². The summed E-state index contributed by atoms with van der Waals surface area (Å²) in [5, 5.41) is 11.5. The topological polar surface area (TPSA) is 69.6 Å². The van der Waals surface area contributed by atoms with E-state index in [0.717, 1.165) is 6.07 Å². The van der Waals surface area contributed by atoms with Crippen LogP contribution in [0.5, 0.6) is 5.75 Å². The molecule has 98 valence electrons. The molecule has 0 aliphatic heterocycles. The van der Waals surface area contributed by atoms with Crippen LogP contribution in [0.25, 0.3) is 0 Å². The van der Waals surface area contributed by atoms with Gasteiger partial charge < -0.3 is 15.3 Å². The number of carbonyl (C=O) groups is 2. The molecule has 0 radical (unpaired) electrons. The standard InChI is InChI=1S/C12H15FN2O3/c1-3-15(7-11(17)14-2)12(18)9-5-4-8(16)6-10(9)13/h4-6,16H,3,7H2,1-2H3,(H,14,17). The van der Waals surface area contributed by atoms with E-state index in [2.05, 4.69) is 5.32 Å². The van der Waals surface area contributed by atoms with E-state index in [9.17, 15) is 14.0 Å². The molecule has 0 aliphatic rings. The molecular weight excluding hydrogens is 239 g/mol. The van der Waals surface area contributed by atoms with Gasteiger partial charge in [-0.3, -0.25) is 9.59 Å². The quantitative estimate of drug-likeness (QED) is 0.832. The van der Waals surface area contributed by atoms with E-state index in [1.165, 1.54) is 24.1 Å². The van der Waals surface area contributed by atoms with Gasteiger partial charge in [0, 0.05) is 19.7 Å². The van der Waals surface area contributed by atoms with Crippen LogP contribution in [0.1, 0.15) is 17.3 Å². The van der Waals surface area contributed by atoms with E-state index in [1.807, 2.05) is 0 Å². The summed E-state index contributed by atoms with van der Waals surface area (Å²) < 4.78 is 13.5. The van der Waals surface area contributed by atoms with Crippen LogP contribution in [0.2, 0.25) is 0 Å². The average molecular weight is 254 g/mol. The second-order valence-electron chi connectivity index (χ2n) is 3.66. The Morgan fingerprint density at radius 3 is 2.61 bits per heavy atom. The van der Waals surface area contributed by atoms with Crippen molar-refractivity contribution in [3.8, 4) is 5.75 Å². The number of rotatable bonds is 4. The molecule has 0 spiro atoms. The summed E-state index contributed by atoms with van der Waals surface area (Å²) in [5.74, 6) is -1.98. The summed E-state index contributed by atoms with van der Waals surface area (Å²) in [7, 11) is 1.46. The molecule has 2 N–H and O–H groups in total. The Labute approximate surface area is 104 Å². The van der Waals surface area contributed by atoms with E-state index >= 15 is 0 Å². The summed E-state index contributed by atoms with van der Waals surface area (Å²) in [6.07, 6.45) is 0. The first-order chi connectivity index (χ1) is 8.49. The van der Waals surface area contributed by atoms with Gasteiger partial charge >= 0.3 is 0 Å². The fourth-order valence-electron chi connectivity index (χ4n) is 1.43. The van der Waals surface area contributed by atoms with E-state index < -0.39 is 11.7 Å². The molecule has 0 saturated carbocycles. The number of halogens is 1. The van der Waals surface area contributed by atoms with Crippen LogP contribution in [0.15, 0.2) is 18.2 Å². The zero-order valence-electron chi connectivity index (χ0n) is 10.2. The minimum atomic E-state index is -0.810. The zero-order chi connectivity index (χ0) is 13.7. The number of hydrogen-bond donors (Lipinski definition) is 2. The first kappa shape index (κ1) is 14.0. The number of phenolic OH excluding ortho intramolecular Hbond substituents is 1. The van der Waals surface area contributed by atoms with E-state index in [-0.39, 0.29) is 30.3 Å². The van der Waals surface area contributed by atoms with E-state index in [1.54, 1.807) is 6.92 Å². The third-order valence-corrected chi connectivity index (χ3v) is 2.47. The third-order valence-electron chi connectivity index (χ3n) is 2.47. The third kappa shape index (κ3) is 3.19. The second kappa shape index (κ2) is 6.00. The minimum Gasteiger partial charge on any atom is -0.508 e. The van der Waals surface area contributed by atoms with Gasteiger partial charge in [-0.25, -0.2) is 4.39 Å². The molecule has 0 heterocycles. The number of nitrogens with zero attached hydrogens (tertiary/aromatic N) is 1. The Morgan fingerprint density at radius 1 is 1.44 bits per heavy atom. The minimum absolute atomic E-state index is 0.133. The molecule has 0 bridgehead atoms. The lowest BCUT2D eigenvalue weighted by atomic mass is 10.1. The number of phenols is 1. The van der Waals surface area contributed by atoms with Gasteiger partial charge in [0.2, 0.25) is 5.91 Å². The normalized spacial score (nSPS) is 9.94. The van der Waals surface area contributed by atoms with Gasteiger partial charge in [-0.2, -0.15) is 0 Å². The first-order valence-electron chi connectivity index (χ1n) is 5.48. The zero-order valence-corrected chi connectivity index (χ0v) is 10.2. The predicted molar refractivity (Wildman–Crippen MR) is 63.7 cm³/mol.